The van der Waals surface area contributed by atoms with Crippen molar-refractivity contribution in [2.75, 3.05) is 6.54 Å². The third-order valence-corrected chi connectivity index (χ3v) is 5.18. The van der Waals surface area contributed by atoms with Crippen molar-refractivity contribution in [1.29, 1.82) is 0 Å². The number of aliphatic hydroxyl groups is 1. The Bertz CT molecular complexity index is 737. The molecule has 3 rings (SSSR count). The summed E-state index contributed by atoms with van der Waals surface area (Å²) in [7, 11) is 0. The number of benzene rings is 2. The Morgan fingerprint density at radius 3 is 2.44 bits per heavy atom. The van der Waals surface area contributed by atoms with Crippen LogP contribution >= 0.6 is 11.8 Å². The molecule has 1 saturated carbocycles. The Morgan fingerprint density at radius 1 is 1.16 bits per heavy atom. The van der Waals surface area contributed by atoms with E-state index in [4.69, 9.17) is 0 Å². The molecule has 25 heavy (non-hydrogen) atoms. The normalized spacial score (nSPS) is 16.5. The maximum Gasteiger partial charge on any atom is 0.288 e. The fourth-order valence-electron chi connectivity index (χ4n) is 2.93. The van der Waals surface area contributed by atoms with Crippen LogP contribution in [0.4, 0.5) is 8.78 Å². The molecule has 6 heteroatoms. The summed E-state index contributed by atoms with van der Waals surface area (Å²) in [4.78, 5) is 12.7. The van der Waals surface area contributed by atoms with Crippen molar-refractivity contribution in [3.05, 3.63) is 65.7 Å². The Hall–Kier alpha value is -1.92. The van der Waals surface area contributed by atoms with Crippen LogP contribution in [0.25, 0.3) is 0 Å². The molecule has 0 spiro atoms. The quantitative estimate of drug-likeness (QED) is 0.730. The van der Waals surface area contributed by atoms with Crippen LogP contribution in [0, 0.1) is 5.92 Å². The molecule has 1 aliphatic carbocycles. The van der Waals surface area contributed by atoms with Crippen molar-refractivity contribution < 1.29 is 18.7 Å². The summed E-state index contributed by atoms with van der Waals surface area (Å²) in [6.07, 6.45) is 1.80. The van der Waals surface area contributed by atoms with E-state index >= 15 is 0 Å². The molecule has 1 aliphatic rings. The molecule has 2 aromatic rings. The van der Waals surface area contributed by atoms with Gasteiger partial charge in [-0.05, 0) is 36.5 Å². The first-order valence-electron chi connectivity index (χ1n) is 8.10. The zero-order chi connectivity index (χ0) is 17.9. The second-order valence-electron chi connectivity index (χ2n) is 6.12. The molecule has 1 unspecified atom stereocenters. The van der Waals surface area contributed by atoms with Crippen LogP contribution < -0.4 is 5.32 Å². The van der Waals surface area contributed by atoms with E-state index in [1.807, 2.05) is 30.3 Å². The minimum absolute atomic E-state index is 0.0498. The Morgan fingerprint density at radius 2 is 1.80 bits per heavy atom. The molecule has 3 nitrogen and oxygen atoms in total. The Labute approximate surface area is 149 Å². The van der Waals surface area contributed by atoms with E-state index in [1.165, 1.54) is 12.1 Å². The molecule has 2 aromatic carbocycles. The van der Waals surface area contributed by atoms with Crippen LogP contribution in [-0.2, 0) is 5.60 Å². The van der Waals surface area contributed by atoms with Crippen LogP contribution in [0.5, 0.6) is 0 Å². The average Bonchev–Trinajstić information content (AvgIpc) is 3.46. The van der Waals surface area contributed by atoms with Gasteiger partial charge in [-0.1, -0.05) is 54.2 Å². The van der Waals surface area contributed by atoms with E-state index in [0.29, 0.717) is 11.8 Å². The Kier molecular flexibility index (Phi) is 5.39. The minimum Gasteiger partial charge on any atom is -0.383 e. The van der Waals surface area contributed by atoms with E-state index in [-0.39, 0.29) is 22.9 Å². The van der Waals surface area contributed by atoms with Crippen molar-refractivity contribution >= 4 is 17.7 Å². The smallest absolute Gasteiger partial charge is 0.288 e. The van der Waals surface area contributed by atoms with E-state index in [9.17, 15) is 18.7 Å². The van der Waals surface area contributed by atoms with E-state index < -0.39 is 17.3 Å². The maximum atomic E-state index is 12.7. The molecular weight excluding hydrogens is 344 g/mol. The lowest BCUT2D eigenvalue weighted by Crippen LogP contribution is -2.42. The third-order valence-electron chi connectivity index (χ3n) is 4.39. The van der Waals surface area contributed by atoms with Crippen molar-refractivity contribution in [1.82, 2.24) is 5.32 Å². The SMILES string of the molecule is O=C(NCC(O)(c1ccccc1)C1CC1)c1ccccc1SC(F)F. The molecule has 0 heterocycles. The average molecular weight is 363 g/mol. The van der Waals surface area contributed by atoms with Gasteiger partial charge in [-0.2, -0.15) is 8.78 Å². The lowest BCUT2D eigenvalue weighted by atomic mass is 9.88. The molecule has 0 radical (unpaired) electrons. The van der Waals surface area contributed by atoms with Crippen LogP contribution in [0.1, 0.15) is 28.8 Å². The fourth-order valence-corrected chi connectivity index (χ4v) is 3.57. The zero-order valence-corrected chi connectivity index (χ0v) is 14.3. The largest absolute Gasteiger partial charge is 0.383 e. The van der Waals surface area contributed by atoms with Gasteiger partial charge in [-0.15, -0.1) is 0 Å². The molecule has 1 fully saturated rings. The first-order valence-corrected chi connectivity index (χ1v) is 8.98. The fraction of sp³-hybridized carbons (Fsp3) is 0.316. The summed E-state index contributed by atoms with van der Waals surface area (Å²) in [6, 6.07) is 15.5. The molecule has 0 aromatic heterocycles. The summed E-state index contributed by atoms with van der Waals surface area (Å²) < 4.78 is 25.3. The Balaban J connectivity index is 1.75. The topological polar surface area (TPSA) is 49.3 Å². The van der Waals surface area contributed by atoms with Gasteiger partial charge >= 0.3 is 0 Å². The summed E-state index contributed by atoms with van der Waals surface area (Å²) in [5, 5.41) is 13.8. The highest BCUT2D eigenvalue weighted by molar-refractivity contribution is 7.99. The van der Waals surface area contributed by atoms with Gasteiger partial charge in [0, 0.05) is 4.90 Å². The van der Waals surface area contributed by atoms with Crippen LogP contribution in [0.3, 0.4) is 0 Å². The minimum atomic E-state index is -2.60. The molecule has 1 atom stereocenters. The van der Waals surface area contributed by atoms with Gasteiger partial charge in [0.05, 0.1) is 12.1 Å². The molecule has 132 valence electrons. The number of rotatable bonds is 7. The van der Waals surface area contributed by atoms with E-state index in [2.05, 4.69) is 5.32 Å². The number of alkyl halides is 2. The van der Waals surface area contributed by atoms with Crippen molar-refractivity contribution in [3.8, 4) is 0 Å². The van der Waals surface area contributed by atoms with Gasteiger partial charge in [0.25, 0.3) is 11.7 Å². The number of thioether (sulfide) groups is 1. The lowest BCUT2D eigenvalue weighted by Gasteiger charge is -2.29. The number of hydrogen-bond acceptors (Lipinski definition) is 3. The molecule has 0 saturated heterocycles. The van der Waals surface area contributed by atoms with Crippen molar-refractivity contribution in [3.63, 3.8) is 0 Å². The van der Waals surface area contributed by atoms with Crippen LogP contribution in [-0.4, -0.2) is 23.3 Å². The number of carbonyl (C=O) groups excluding carboxylic acids is 1. The predicted molar refractivity (Wildman–Crippen MR) is 93.7 cm³/mol. The lowest BCUT2D eigenvalue weighted by molar-refractivity contribution is 0.0135. The molecular formula is C19H19F2NO2S. The van der Waals surface area contributed by atoms with E-state index in [0.717, 1.165) is 18.4 Å². The van der Waals surface area contributed by atoms with Crippen LogP contribution in [0.15, 0.2) is 59.5 Å². The van der Waals surface area contributed by atoms with Gasteiger partial charge in [0.1, 0.15) is 5.60 Å². The summed E-state index contributed by atoms with van der Waals surface area (Å²) in [6.45, 7) is 0.0498. The summed E-state index contributed by atoms with van der Waals surface area (Å²) >= 11 is 0.345. The highest BCUT2D eigenvalue weighted by Gasteiger charge is 2.45. The first kappa shape index (κ1) is 17.9. The highest BCUT2D eigenvalue weighted by atomic mass is 32.2. The number of amides is 1. The molecule has 0 bridgehead atoms. The second kappa shape index (κ2) is 7.54. The van der Waals surface area contributed by atoms with Gasteiger partial charge in [0.2, 0.25) is 0 Å². The number of nitrogens with one attached hydrogen (secondary N) is 1. The summed E-state index contributed by atoms with van der Waals surface area (Å²) in [5.74, 6) is -2.96. The standard InChI is InChI=1S/C19H19F2NO2S/c20-18(21)25-16-9-5-4-8-15(16)17(23)22-12-19(24,14-10-11-14)13-6-2-1-3-7-13/h1-9,14,18,24H,10-12H2,(H,22,23). The number of hydrogen-bond donors (Lipinski definition) is 2. The van der Waals surface area contributed by atoms with Gasteiger partial charge in [-0.25, -0.2) is 0 Å². The highest BCUT2D eigenvalue weighted by Crippen LogP contribution is 2.45. The number of halogens is 2. The van der Waals surface area contributed by atoms with E-state index in [1.54, 1.807) is 12.1 Å². The maximum absolute atomic E-state index is 12.7. The van der Waals surface area contributed by atoms with Gasteiger partial charge < -0.3 is 10.4 Å². The van der Waals surface area contributed by atoms with Crippen molar-refractivity contribution in [2.45, 2.75) is 29.1 Å². The third kappa shape index (κ3) is 4.19. The summed E-state index contributed by atoms with van der Waals surface area (Å²) in [5.41, 5.74) is -0.186. The molecule has 2 N–H and O–H groups in total. The first-order chi connectivity index (χ1) is 12.0. The predicted octanol–water partition coefficient (Wildman–Crippen LogP) is 4.03. The zero-order valence-electron chi connectivity index (χ0n) is 13.5. The van der Waals surface area contributed by atoms with Crippen LogP contribution in [0.2, 0.25) is 0 Å². The number of carbonyl (C=O) groups is 1. The van der Waals surface area contributed by atoms with Gasteiger partial charge in [0.15, 0.2) is 0 Å². The van der Waals surface area contributed by atoms with Crippen molar-refractivity contribution in [2.24, 2.45) is 5.92 Å². The molecule has 0 aliphatic heterocycles. The monoisotopic (exact) mass is 363 g/mol. The van der Waals surface area contributed by atoms with Gasteiger partial charge in [-0.3, -0.25) is 4.79 Å². The molecule has 1 amide bonds. The second-order valence-corrected chi connectivity index (χ2v) is 7.15.